The minimum atomic E-state index is -0.763. The molecule has 1 aromatic rings. The fourth-order valence-electron chi connectivity index (χ4n) is 1.77. The molecule has 0 unspecified atom stereocenters. The predicted octanol–water partition coefficient (Wildman–Crippen LogP) is -0.283. The molecule has 0 spiro atoms. The Kier molecular flexibility index (Phi) is 11.3. The van der Waals surface area contributed by atoms with Crippen molar-refractivity contribution >= 4 is 11.5 Å². The maximum absolute atomic E-state index is 11.6. The summed E-state index contributed by atoms with van der Waals surface area (Å²) >= 11 is 0. The zero-order valence-corrected chi connectivity index (χ0v) is 17.4. The second-order valence-electron chi connectivity index (χ2n) is 4.32. The Hall–Kier alpha value is -2.05. The number of esters is 1. The monoisotopic (exact) mass is 359 g/mol. The summed E-state index contributed by atoms with van der Waals surface area (Å²) < 4.78 is 9.83. The molecule has 1 rings (SSSR count). The average Bonchev–Trinajstić information content (AvgIpc) is 2.62. The largest absolute Gasteiger partial charge is 1.00 e. The van der Waals surface area contributed by atoms with Crippen molar-refractivity contribution in [1.82, 2.24) is 0 Å². The molecule has 0 saturated heterocycles. The van der Waals surface area contributed by atoms with Crippen molar-refractivity contribution in [3.8, 4) is 24.0 Å². The molecule has 0 saturated carbocycles. The van der Waals surface area contributed by atoms with E-state index in [1.54, 1.807) is 49.4 Å². The molecule has 0 bridgehead atoms. The molecular weight excluding hydrogens is 345 g/mol. The Bertz CT molecular complexity index is 775. The van der Waals surface area contributed by atoms with Crippen molar-refractivity contribution in [3.05, 3.63) is 53.5 Å². The summed E-state index contributed by atoms with van der Waals surface area (Å²) in [6.45, 7) is 1.77. The van der Waals surface area contributed by atoms with E-state index in [9.17, 15) is 4.79 Å². The van der Waals surface area contributed by atoms with Crippen LogP contribution in [0, 0.1) is 40.4 Å². The topological polar surface area (TPSA) is 107 Å². The summed E-state index contributed by atoms with van der Waals surface area (Å²) in [5, 5.41) is 27.3. The molecule has 0 radical (unpaired) electrons. The standard InChI is InChI=1S/C18H14N3O3.K/c1-3-24-18(22)14(10-19)6-9-17(15(11-20)12-21)13-4-7-16(23-2)8-5-13;/h4-9H,3H2,1-2H3;/q-1;+1/b14-6+;. The minimum Gasteiger partial charge on any atom is -0.497 e. The summed E-state index contributed by atoms with van der Waals surface area (Å²) in [6.07, 6.45) is 2.60. The van der Waals surface area contributed by atoms with Crippen LogP contribution in [0.4, 0.5) is 0 Å². The number of allylic oxidation sites excluding steroid dienone is 3. The van der Waals surface area contributed by atoms with Crippen LogP contribution in [0.2, 0.25) is 0 Å². The molecule has 0 N–H and O–H groups in total. The molecule has 0 aliphatic rings. The van der Waals surface area contributed by atoms with Gasteiger partial charge in [0.2, 0.25) is 0 Å². The Morgan fingerprint density at radius 2 is 1.76 bits per heavy atom. The maximum Gasteiger partial charge on any atom is 1.00 e. The Balaban J connectivity index is 0.00000576. The number of carbonyl (C=O) groups excluding carboxylic acids is 1. The van der Waals surface area contributed by atoms with E-state index < -0.39 is 5.97 Å². The first-order valence-corrected chi connectivity index (χ1v) is 6.92. The summed E-state index contributed by atoms with van der Waals surface area (Å²) in [7, 11) is 1.52. The zero-order chi connectivity index (χ0) is 17.9. The van der Waals surface area contributed by atoms with Crippen LogP contribution >= 0.6 is 0 Å². The number of hydrogen-bond acceptors (Lipinski definition) is 6. The summed E-state index contributed by atoms with van der Waals surface area (Å²) in [6, 6.07) is 12.0. The van der Waals surface area contributed by atoms with Gasteiger partial charge in [-0.25, -0.2) is 15.8 Å². The number of methoxy groups -OCH3 is 1. The van der Waals surface area contributed by atoms with Gasteiger partial charge >= 0.3 is 57.4 Å². The number of rotatable bonds is 6. The first-order chi connectivity index (χ1) is 11.6. The molecule has 120 valence electrons. The van der Waals surface area contributed by atoms with E-state index in [1.165, 1.54) is 19.6 Å². The number of carbonyl (C=O) groups is 1. The van der Waals surface area contributed by atoms with Gasteiger partial charge in [-0.1, -0.05) is 17.7 Å². The third-order valence-corrected chi connectivity index (χ3v) is 2.93. The first kappa shape index (κ1) is 22.9. The molecule has 0 amide bonds. The Labute approximate surface area is 189 Å². The van der Waals surface area contributed by atoms with Crippen LogP contribution in [0.25, 0.3) is 5.57 Å². The van der Waals surface area contributed by atoms with Gasteiger partial charge < -0.3 is 9.47 Å². The number of nitrogens with zero attached hydrogens (tertiary/aromatic N) is 3. The molecule has 0 aromatic heterocycles. The van der Waals surface area contributed by atoms with E-state index in [2.05, 4.69) is 0 Å². The molecule has 0 heterocycles. The van der Waals surface area contributed by atoms with E-state index in [4.69, 9.17) is 25.3 Å². The van der Waals surface area contributed by atoms with Gasteiger partial charge in [0.15, 0.2) is 0 Å². The second kappa shape index (κ2) is 12.3. The molecule has 0 aliphatic carbocycles. The van der Waals surface area contributed by atoms with Gasteiger partial charge in [0, 0.05) is 0 Å². The molecule has 0 fully saturated rings. The van der Waals surface area contributed by atoms with Crippen LogP contribution in [0.3, 0.4) is 0 Å². The third-order valence-electron chi connectivity index (χ3n) is 2.93. The van der Waals surface area contributed by atoms with Crippen molar-refractivity contribution in [2.24, 2.45) is 0 Å². The summed E-state index contributed by atoms with van der Waals surface area (Å²) in [5.41, 5.74) is 0.502. The normalized spacial score (nSPS) is 9.32. The van der Waals surface area contributed by atoms with Crippen molar-refractivity contribution < 1.29 is 65.7 Å². The van der Waals surface area contributed by atoms with E-state index >= 15 is 0 Å². The van der Waals surface area contributed by atoms with Gasteiger partial charge in [-0.15, -0.1) is 18.1 Å². The van der Waals surface area contributed by atoms with Crippen LogP contribution < -0.4 is 56.1 Å². The van der Waals surface area contributed by atoms with Gasteiger partial charge in [0.25, 0.3) is 0 Å². The van der Waals surface area contributed by atoms with E-state index in [0.29, 0.717) is 16.9 Å². The van der Waals surface area contributed by atoms with Crippen LogP contribution in [-0.2, 0) is 9.53 Å². The molecule has 6 nitrogen and oxygen atoms in total. The molecular formula is C18H14KN3O3. The first-order valence-electron chi connectivity index (χ1n) is 6.92. The van der Waals surface area contributed by atoms with Crippen molar-refractivity contribution in [1.29, 1.82) is 15.8 Å². The van der Waals surface area contributed by atoms with Crippen molar-refractivity contribution in [2.75, 3.05) is 13.7 Å². The van der Waals surface area contributed by atoms with Crippen LogP contribution in [0.1, 0.15) is 12.5 Å². The maximum atomic E-state index is 11.6. The smallest absolute Gasteiger partial charge is 0.497 e. The SMILES string of the molecule is CCOC(=O)/C(C#N)=C/[CH-]C(=C(C#N)C#N)c1ccc(OC)cc1.[K+]. The summed E-state index contributed by atoms with van der Waals surface area (Å²) in [4.78, 5) is 11.6. The average molecular weight is 359 g/mol. The Morgan fingerprint density at radius 3 is 2.20 bits per heavy atom. The molecule has 7 heteroatoms. The quantitative estimate of drug-likeness (QED) is 0.227. The van der Waals surface area contributed by atoms with Gasteiger partial charge in [-0.2, -0.15) is 0 Å². The van der Waals surface area contributed by atoms with Gasteiger partial charge in [0.05, 0.1) is 43.1 Å². The van der Waals surface area contributed by atoms with E-state index in [1.807, 2.05) is 0 Å². The van der Waals surface area contributed by atoms with E-state index in [-0.39, 0.29) is 69.1 Å². The third kappa shape index (κ3) is 6.76. The zero-order valence-electron chi connectivity index (χ0n) is 14.2. The van der Waals surface area contributed by atoms with Gasteiger partial charge in [0.1, 0.15) is 5.75 Å². The summed E-state index contributed by atoms with van der Waals surface area (Å²) in [5.74, 6) is -0.144. The fourth-order valence-corrected chi connectivity index (χ4v) is 1.77. The second-order valence-corrected chi connectivity index (χ2v) is 4.32. The van der Waals surface area contributed by atoms with Crippen LogP contribution in [0.5, 0.6) is 5.75 Å². The van der Waals surface area contributed by atoms with Crippen LogP contribution in [-0.4, -0.2) is 19.7 Å². The molecule has 0 atom stereocenters. The molecule has 25 heavy (non-hydrogen) atoms. The van der Waals surface area contributed by atoms with Gasteiger partial charge in [-0.3, -0.25) is 4.79 Å². The van der Waals surface area contributed by atoms with Gasteiger partial charge in [-0.05, 0) is 19.1 Å². The molecule has 0 aliphatic heterocycles. The van der Waals surface area contributed by atoms with Crippen molar-refractivity contribution in [3.63, 3.8) is 0 Å². The number of hydrogen-bond donors (Lipinski definition) is 0. The van der Waals surface area contributed by atoms with Crippen molar-refractivity contribution in [2.45, 2.75) is 6.92 Å². The number of benzene rings is 1. The Morgan fingerprint density at radius 1 is 1.16 bits per heavy atom. The number of nitriles is 3. The van der Waals surface area contributed by atoms with Crippen LogP contribution in [0.15, 0.2) is 41.5 Å². The fraction of sp³-hybridized carbons (Fsp3) is 0.167. The predicted molar refractivity (Wildman–Crippen MR) is 85.8 cm³/mol. The number of ether oxygens (including phenoxy) is 2. The van der Waals surface area contributed by atoms with E-state index in [0.717, 1.165) is 0 Å². The molecule has 1 aromatic carbocycles. The minimum absolute atomic E-state index is 0.